The van der Waals surface area contributed by atoms with Crippen molar-refractivity contribution in [1.29, 1.82) is 0 Å². The second-order valence-corrected chi connectivity index (χ2v) is 7.46. The zero-order valence-corrected chi connectivity index (χ0v) is 17.5. The van der Waals surface area contributed by atoms with Gasteiger partial charge >= 0.3 is 0 Å². The molecule has 7 heteroatoms. The maximum atomic E-state index is 12.7. The molecule has 1 saturated carbocycles. The lowest BCUT2D eigenvalue weighted by Gasteiger charge is -2.26. The van der Waals surface area contributed by atoms with Gasteiger partial charge in [-0.25, -0.2) is 0 Å². The number of amides is 2. The molecule has 2 atom stereocenters. The highest BCUT2D eigenvalue weighted by Gasteiger charge is 2.31. The summed E-state index contributed by atoms with van der Waals surface area (Å²) in [6, 6.07) is 16.7. The first kappa shape index (κ1) is 22.7. The zero-order valence-electron chi connectivity index (χ0n) is 16.7. The van der Waals surface area contributed by atoms with Crippen LogP contribution in [0.3, 0.4) is 0 Å². The Labute approximate surface area is 177 Å². The summed E-state index contributed by atoms with van der Waals surface area (Å²) in [6.07, 6.45) is 2.10. The van der Waals surface area contributed by atoms with Gasteiger partial charge in [0, 0.05) is 6.04 Å². The number of hydrogen-bond acceptors (Lipinski definition) is 4. The normalized spacial score (nSPS) is 16.0. The molecular weight excluding hydrogens is 390 g/mol. The molecule has 2 amide bonds. The molecule has 0 heterocycles. The number of nitrogens with two attached hydrogens (primary N) is 1. The van der Waals surface area contributed by atoms with E-state index in [-0.39, 0.29) is 36.9 Å². The minimum Gasteiger partial charge on any atom is -0.484 e. The molecule has 1 aliphatic carbocycles. The molecule has 2 unspecified atom stereocenters. The van der Waals surface area contributed by atoms with Gasteiger partial charge in [-0.3, -0.25) is 9.59 Å². The van der Waals surface area contributed by atoms with E-state index in [4.69, 9.17) is 10.5 Å². The third-order valence-corrected chi connectivity index (χ3v) is 4.89. The lowest BCUT2D eigenvalue weighted by atomic mass is 9.91. The second kappa shape index (κ2) is 9.76. The largest absolute Gasteiger partial charge is 0.484 e. The van der Waals surface area contributed by atoms with E-state index in [2.05, 4.69) is 10.6 Å². The fourth-order valence-corrected chi connectivity index (χ4v) is 2.84. The third-order valence-electron chi connectivity index (χ3n) is 4.89. The van der Waals surface area contributed by atoms with Crippen LogP contribution in [0.1, 0.15) is 43.9 Å². The summed E-state index contributed by atoms with van der Waals surface area (Å²) < 4.78 is 5.50. The van der Waals surface area contributed by atoms with E-state index in [0.717, 1.165) is 24.0 Å². The first-order chi connectivity index (χ1) is 13.4. The number of carbonyl (C=O) groups excluding carboxylic acids is 2. The lowest BCUT2D eigenvalue weighted by molar-refractivity contribution is -0.126. The number of nitrogens with one attached hydrogen (secondary N) is 2. The van der Waals surface area contributed by atoms with Crippen LogP contribution in [0, 0.1) is 0 Å². The second-order valence-electron chi connectivity index (χ2n) is 7.46. The van der Waals surface area contributed by atoms with E-state index in [0.29, 0.717) is 11.8 Å². The number of carbonyl (C=O) groups is 2. The summed E-state index contributed by atoms with van der Waals surface area (Å²) in [7, 11) is 0. The van der Waals surface area contributed by atoms with Crippen LogP contribution in [0.25, 0.3) is 0 Å². The first-order valence-electron chi connectivity index (χ1n) is 9.54. The topological polar surface area (TPSA) is 93.5 Å². The Bertz CT molecular complexity index is 821. The van der Waals surface area contributed by atoms with Crippen LogP contribution in [0.15, 0.2) is 54.6 Å². The summed E-state index contributed by atoms with van der Waals surface area (Å²) in [5, 5.41) is 5.84. The summed E-state index contributed by atoms with van der Waals surface area (Å²) in [5.74, 6) is 0.264. The van der Waals surface area contributed by atoms with Crippen molar-refractivity contribution in [3.63, 3.8) is 0 Å². The van der Waals surface area contributed by atoms with Gasteiger partial charge in [0.25, 0.3) is 5.91 Å². The minimum atomic E-state index is -1.12. The van der Waals surface area contributed by atoms with Crippen molar-refractivity contribution < 1.29 is 14.3 Å². The summed E-state index contributed by atoms with van der Waals surface area (Å²) in [6.45, 7) is 3.61. The summed E-state index contributed by atoms with van der Waals surface area (Å²) in [4.78, 5) is 24.4. The van der Waals surface area contributed by atoms with E-state index in [1.807, 2.05) is 49.4 Å². The molecule has 6 nitrogen and oxygen atoms in total. The van der Waals surface area contributed by atoms with Crippen LogP contribution in [0.4, 0.5) is 0 Å². The first-order valence-corrected chi connectivity index (χ1v) is 9.54. The van der Waals surface area contributed by atoms with Crippen molar-refractivity contribution in [1.82, 2.24) is 10.6 Å². The fourth-order valence-electron chi connectivity index (χ4n) is 2.84. The van der Waals surface area contributed by atoms with Crippen LogP contribution < -0.4 is 21.1 Å². The van der Waals surface area contributed by atoms with E-state index in [1.165, 1.54) is 0 Å². The molecule has 1 aliphatic rings. The Morgan fingerprint density at radius 3 is 2.34 bits per heavy atom. The molecule has 1 fully saturated rings. The van der Waals surface area contributed by atoms with Crippen molar-refractivity contribution in [2.75, 3.05) is 6.61 Å². The van der Waals surface area contributed by atoms with Crippen LogP contribution in [0.2, 0.25) is 0 Å². The predicted octanol–water partition coefficient (Wildman–Crippen LogP) is 2.82. The summed E-state index contributed by atoms with van der Waals surface area (Å²) in [5.41, 5.74) is 6.83. The highest BCUT2D eigenvalue weighted by atomic mass is 35.5. The molecule has 0 saturated heterocycles. The summed E-state index contributed by atoms with van der Waals surface area (Å²) >= 11 is 0. The van der Waals surface area contributed by atoms with Gasteiger partial charge in [-0.15, -0.1) is 12.4 Å². The van der Waals surface area contributed by atoms with Crippen molar-refractivity contribution in [2.45, 2.75) is 44.3 Å². The van der Waals surface area contributed by atoms with E-state index < -0.39 is 5.54 Å². The van der Waals surface area contributed by atoms with Crippen LogP contribution in [-0.2, 0) is 15.1 Å². The highest BCUT2D eigenvalue weighted by Crippen LogP contribution is 2.22. The Kier molecular flexibility index (Phi) is 7.65. The Hall–Kier alpha value is -2.57. The molecular formula is C22H28ClN3O3. The molecule has 3 rings (SSSR count). The number of halogens is 1. The molecule has 0 bridgehead atoms. The van der Waals surface area contributed by atoms with E-state index in [9.17, 15) is 9.59 Å². The molecule has 29 heavy (non-hydrogen) atoms. The molecule has 0 spiro atoms. The number of hydrogen-bond donors (Lipinski definition) is 3. The molecule has 2 aromatic rings. The van der Waals surface area contributed by atoms with Crippen LogP contribution in [0.5, 0.6) is 5.75 Å². The quantitative estimate of drug-likeness (QED) is 0.615. The van der Waals surface area contributed by atoms with Gasteiger partial charge in [-0.2, -0.15) is 0 Å². The van der Waals surface area contributed by atoms with Crippen molar-refractivity contribution in [3.8, 4) is 5.75 Å². The highest BCUT2D eigenvalue weighted by molar-refractivity contribution is 5.87. The van der Waals surface area contributed by atoms with Gasteiger partial charge in [0.2, 0.25) is 5.91 Å². The molecule has 0 radical (unpaired) electrons. The predicted molar refractivity (Wildman–Crippen MR) is 115 cm³/mol. The average Bonchev–Trinajstić information content (AvgIpc) is 3.51. The molecule has 2 aromatic carbocycles. The van der Waals surface area contributed by atoms with Crippen molar-refractivity contribution in [3.05, 3.63) is 65.7 Å². The van der Waals surface area contributed by atoms with Crippen molar-refractivity contribution in [2.24, 2.45) is 5.73 Å². The van der Waals surface area contributed by atoms with E-state index in [1.54, 1.807) is 19.1 Å². The SMILES string of the molecule is CC(NC(=O)C(C)(N)c1ccccc1)c1ccc(OCC(=O)NC2CC2)cc1.Cl. The number of rotatable bonds is 8. The van der Waals surface area contributed by atoms with Gasteiger partial charge < -0.3 is 21.1 Å². The monoisotopic (exact) mass is 417 g/mol. The molecule has 4 N–H and O–H groups in total. The Morgan fingerprint density at radius 1 is 1.14 bits per heavy atom. The molecule has 0 aromatic heterocycles. The zero-order chi connectivity index (χ0) is 20.1. The lowest BCUT2D eigenvalue weighted by Crippen LogP contribution is -2.49. The standard InChI is InChI=1S/C22H27N3O3.ClH/c1-15(24-21(27)22(2,23)17-6-4-3-5-7-17)16-8-12-19(13-9-16)28-14-20(26)25-18-10-11-18;/h3-9,12-13,15,18H,10-11,14,23H2,1-2H3,(H,24,27)(H,25,26);1H. The maximum absolute atomic E-state index is 12.7. The van der Waals surface area contributed by atoms with Gasteiger partial charge in [0.1, 0.15) is 11.3 Å². The fraction of sp³-hybridized carbons (Fsp3) is 0.364. The Morgan fingerprint density at radius 2 is 1.76 bits per heavy atom. The van der Waals surface area contributed by atoms with Gasteiger partial charge in [0.05, 0.1) is 6.04 Å². The van der Waals surface area contributed by atoms with Crippen LogP contribution in [-0.4, -0.2) is 24.5 Å². The van der Waals surface area contributed by atoms with Gasteiger partial charge in [0.15, 0.2) is 6.61 Å². The average molecular weight is 418 g/mol. The van der Waals surface area contributed by atoms with Gasteiger partial charge in [-0.1, -0.05) is 42.5 Å². The number of benzene rings is 2. The smallest absolute Gasteiger partial charge is 0.258 e. The Balaban J connectivity index is 0.00000300. The maximum Gasteiger partial charge on any atom is 0.258 e. The van der Waals surface area contributed by atoms with Crippen molar-refractivity contribution >= 4 is 24.2 Å². The minimum absolute atomic E-state index is 0. The third kappa shape index (κ3) is 6.21. The molecule has 156 valence electrons. The van der Waals surface area contributed by atoms with E-state index >= 15 is 0 Å². The van der Waals surface area contributed by atoms with Gasteiger partial charge in [-0.05, 0) is 49.9 Å². The van der Waals surface area contributed by atoms with Crippen LogP contribution >= 0.6 is 12.4 Å². The number of ether oxygens (including phenoxy) is 1. The molecule has 0 aliphatic heterocycles.